The minimum atomic E-state index is -0.671. The molecule has 4 nitrogen and oxygen atoms in total. The van der Waals surface area contributed by atoms with Crippen molar-refractivity contribution in [3.05, 3.63) is 59.7 Å². The van der Waals surface area contributed by atoms with Gasteiger partial charge in [-0.05, 0) is 24.6 Å². The predicted octanol–water partition coefficient (Wildman–Crippen LogP) is 3.04. The number of para-hydroxylation sites is 2. The Labute approximate surface area is 123 Å². The van der Waals surface area contributed by atoms with E-state index < -0.39 is 11.9 Å². The fraction of sp³-hybridized carbons (Fsp3) is 0.235. The molecule has 1 atom stereocenters. The lowest BCUT2D eigenvalue weighted by molar-refractivity contribution is -0.143. The molecule has 0 aliphatic rings. The minimum Gasteiger partial charge on any atom is -0.508 e. The third-order valence-corrected chi connectivity index (χ3v) is 3.30. The molecule has 1 unspecified atom stereocenters. The Hall–Kier alpha value is -2.49. The van der Waals surface area contributed by atoms with Crippen molar-refractivity contribution in [1.82, 2.24) is 0 Å². The summed E-state index contributed by atoms with van der Waals surface area (Å²) in [4.78, 5) is 12.0. The van der Waals surface area contributed by atoms with E-state index in [1.54, 1.807) is 24.3 Å². The summed E-state index contributed by atoms with van der Waals surface area (Å²) in [6.45, 7) is 2.04. The highest BCUT2D eigenvalue weighted by atomic mass is 16.5. The highest BCUT2D eigenvalue weighted by Crippen LogP contribution is 2.28. The van der Waals surface area contributed by atoms with Crippen LogP contribution in [-0.2, 0) is 9.53 Å². The van der Waals surface area contributed by atoms with Gasteiger partial charge in [-0.25, -0.2) is 0 Å². The number of aromatic hydroxyl groups is 1. The zero-order valence-electron chi connectivity index (χ0n) is 12.1. The molecule has 0 saturated carbocycles. The van der Waals surface area contributed by atoms with E-state index >= 15 is 0 Å². The van der Waals surface area contributed by atoms with Crippen LogP contribution in [0.4, 0.5) is 0 Å². The summed E-state index contributed by atoms with van der Waals surface area (Å²) in [5, 5.41) is 9.91. The molecule has 21 heavy (non-hydrogen) atoms. The molecule has 0 heterocycles. The number of aryl methyl sites for hydroxylation is 1. The number of carbonyl (C=O) groups is 1. The molecule has 0 bridgehead atoms. The minimum absolute atomic E-state index is 0.0567. The van der Waals surface area contributed by atoms with E-state index in [9.17, 15) is 9.90 Å². The van der Waals surface area contributed by atoms with Gasteiger partial charge in [0.15, 0.2) is 0 Å². The van der Waals surface area contributed by atoms with E-state index in [4.69, 9.17) is 9.47 Å². The summed E-state index contributed by atoms with van der Waals surface area (Å²) in [6.07, 6.45) is 0. The Kier molecular flexibility index (Phi) is 4.82. The van der Waals surface area contributed by atoms with Crippen molar-refractivity contribution in [2.45, 2.75) is 12.8 Å². The first-order valence-electron chi connectivity index (χ1n) is 6.67. The average Bonchev–Trinajstić information content (AvgIpc) is 2.50. The van der Waals surface area contributed by atoms with Crippen LogP contribution in [0.3, 0.4) is 0 Å². The molecule has 2 aromatic rings. The second-order valence-corrected chi connectivity index (χ2v) is 4.71. The Morgan fingerprint density at radius 1 is 1.14 bits per heavy atom. The number of methoxy groups -OCH3 is 1. The summed E-state index contributed by atoms with van der Waals surface area (Å²) in [5.74, 6) is -0.344. The number of rotatable bonds is 5. The number of hydrogen-bond donors (Lipinski definition) is 1. The van der Waals surface area contributed by atoms with Crippen molar-refractivity contribution in [3.63, 3.8) is 0 Å². The molecule has 4 heteroatoms. The van der Waals surface area contributed by atoms with Gasteiger partial charge in [-0.1, -0.05) is 36.4 Å². The van der Waals surface area contributed by atoms with E-state index in [1.165, 1.54) is 7.11 Å². The van der Waals surface area contributed by atoms with Crippen LogP contribution in [-0.4, -0.2) is 24.8 Å². The van der Waals surface area contributed by atoms with Crippen LogP contribution in [0.15, 0.2) is 48.5 Å². The molecule has 0 radical (unpaired) electrons. The maximum absolute atomic E-state index is 12.0. The van der Waals surface area contributed by atoms with Crippen molar-refractivity contribution >= 4 is 5.97 Å². The van der Waals surface area contributed by atoms with E-state index in [1.807, 2.05) is 31.2 Å². The second-order valence-electron chi connectivity index (χ2n) is 4.71. The second kappa shape index (κ2) is 6.79. The van der Waals surface area contributed by atoms with Gasteiger partial charge in [0.1, 0.15) is 24.0 Å². The van der Waals surface area contributed by atoms with Crippen LogP contribution in [0.1, 0.15) is 17.0 Å². The summed E-state index contributed by atoms with van der Waals surface area (Å²) >= 11 is 0. The lowest BCUT2D eigenvalue weighted by atomic mass is 9.99. The Morgan fingerprint density at radius 3 is 2.48 bits per heavy atom. The lowest BCUT2D eigenvalue weighted by Crippen LogP contribution is -2.21. The topological polar surface area (TPSA) is 55.8 Å². The molecule has 2 aromatic carbocycles. The molecule has 2 rings (SSSR count). The molecule has 0 amide bonds. The molecule has 0 fully saturated rings. The molecule has 0 aromatic heterocycles. The normalized spacial score (nSPS) is 11.7. The third kappa shape index (κ3) is 3.54. The zero-order chi connectivity index (χ0) is 15.2. The first kappa shape index (κ1) is 14.9. The number of benzene rings is 2. The SMILES string of the molecule is COC(=O)C(COc1ccccc1C)c1ccccc1O. The van der Waals surface area contributed by atoms with Crippen LogP contribution in [0.25, 0.3) is 0 Å². The predicted molar refractivity (Wildman–Crippen MR) is 79.5 cm³/mol. The van der Waals surface area contributed by atoms with Crippen LogP contribution in [0.5, 0.6) is 11.5 Å². The maximum Gasteiger partial charge on any atom is 0.316 e. The number of phenolic OH excluding ortho intramolecular Hbond substituents is 1. The molecule has 1 N–H and O–H groups in total. The van der Waals surface area contributed by atoms with Crippen molar-refractivity contribution in [1.29, 1.82) is 0 Å². The number of esters is 1. The number of ether oxygens (including phenoxy) is 2. The van der Waals surface area contributed by atoms with E-state index in [2.05, 4.69) is 0 Å². The van der Waals surface area contributed by atoms with Crippen LogP contribution < -0.4 is 4.74 Å². The van der Waals surface area contributed by atoms with Crippen molar-refractivity contribution in [2.24, 2.45) is 0 Å². The van der Waals surface area contributed by atoms with Crippen molar-refractivity contribution < 1.29 is 19.4 Å². The maximum atomic E-state index is 12.0. The van der Waals surface area contributed by atoms with E-state index in [0.29, 0.717) is 11.3 Å². The highest BCUT2D eigenvalue weighted by Gasteiger charge is 2.25. The molecular formula is C17H18O4. The molecule has 110 valence electrons. The zero-order valence-corrected chi connectivity index (χ0v) is 12.1. The van der Waals surface area contributed by atoms with Gasteiger partial charge >= 0.3 is 5.97 Å². The lowest BCUT2D eigenvalue weighted by Gasteiger charge is -2.17. The molecule has 0 saturated heterocycles. The molecular weight excluding hydrogens is 268 g/mol. The smallest absolute Gasteiger partial charge is 0.316 e. The highest BCUT2D eigenvalue weighted by molar-refractivity contribution is 5.79. The van der Waals surface area contributed by atoms with E-state index in [-0.39, 0.29) is 12.4 Å². The molecule has 0 aliphatic carbocycles. The van der Waals surface area contributed by atoms with Crippen LogP contribution >= 0.6 is 0 Å². The third-order valence-electron chi connectivity index (χ3n) is 3.30. The monoisotopic (exact) mass is 286 g/mol. The van der Waals surface area contributed by atoms with Crippen LogP contribution in [0.2, 0.25) is 0 Å². The van der Waals surface area contributed by atoms with Gasteiger partial charge in [-0.3, -0.25) is 4.79 Å². The number of hydrogen-bond acceptors (Lipinski definition) is 4. The summed E-state index contributed by atoms with van der Waals surface area (Å²) < 4.78 is 10.5. The Balaban J connectivity index is 2.21. The van der Waals surface area contributed by atoms with Gasteiger partial charge < -0.3 is 14.6 Å². The van der Waals surface area contributed by atoms with Gasteiger partial charge in [-0.15, -0.1) is 0 Å². The van der Waals surface area contributed by atoms with Gasteiger partial charge in [0.2, 0.25) is 0 Å². The van der Waals surface area contributed by atoms with Gasteiger partial charge in [0.05, 0.1) is 7.11 Å². The number of carbonyl (C=O) groups excluding carboxylic acids is 1. The van der Waals surface area contributed by atoms with Gasteiger partial charge in [0, 0.05) is 5.56 Å². The molecule has 0 aliphatic heterocycles. The average molecular weight is 286 g/mol. The number of phenols is 1. The standard InChI is InChI=1S/C17H18O4/c1-12-7-3-6-10-16(12)21-11-14(17(19)20-2)13-8-4-5-9-15(13)18/h3-10,14,18H,11H2,1-2H3. The fourth-order valence-electron chi connectivity index (χ4n) is 2.10. The Morgan fingerprint density at radius 2 is 1.81 bits per heavy atom. The first-order valence-corrected chi connectivity index (χ1v) is 6.67. The summed E-state index contributed by atoms with van der Waals surface area (Å²) in [7, 11) is 1.32. The first-order chi connectivity index (χ1) is 10.1. The van der Waals surface area contributed by atoms with Crippen LogP contribution in [0, 0.1) is 6.92 Å². The van der Waals surface area contributed by atoms with Gasteiger partial charge in [0.25, 0.3) is 0 Å². The quantitative estimate of drug-likeness (QED) is 0.858. The summed E-state index contributed by atoms with van der Waals surface area (Å²) in [6, 6.07) is 14.3. The molecule has 0 spiro atoms. The Bertz CT molecular complexity index is 622. The van der Waals surface area contributed by atoms with E-state index in [0.717, 1.165) is 5.56 Å². The van der Waals surface area contributed by atoms with Crippen molar-refractivity contribution in [3.8, 4) is 11.5 Å². The van der Waals surface area contributed by atoms with Crippen molar-refractivity contribution in [2.75, 3.05) is 13.7 Å². The fourth-order valence-corrected chi connectivity index (χ4v) is 2.10. The summed E-state index contributed by atoms with van der Waals surface area (Å²) in [5.41, 5.74) is 1.48. The van der Waals surface area contributed by atoms with Gasteiger partial charge in [-0.2, -0.15) is 0 Å². The largest absolute Gasteiger partial charge is 0.508 e.